The molecule has 0 amide bonds. The van der Waals surface area contributed by atoms with Gasteiger partial charge in [-0.3, -0.25) is 0 Å². The largest absolute Gasteiger partial charge is 0.303 e. The van der Waals surface area contributed by atoms with E-state index in [0.29, 0.717) is 5.41 Å². The zero-order chi connectivity index (χ0) is 11.6. The lowest BCUT2D eigenvalue weighted by Gasteiger charge is -2.44. The third kappa shape index (κ3) is 2.01. The van der Waals surface area contributed by atoms with Crippen molar-refractivity contribution < 1.29 is 0 Å². The van der Waals surface area contributed by atoms with Crippen molar-refractivity contribution in [3.8, 4) is 0 Å². The molecule has 0 saturated carbocycles. The van der Waals surface area contributed by atoms with Gasteiger partial charge in [0.1, 0.15) is 0 Å². The van der Waals surface area contributed by atoms with E-state index in [1.807, 2.05) is 0 Å². The molecule has 1 aromatic carbocycles. The Balaban J connectivity index is 2.20. The van der Waals surface area contributed by atoms with Crippen molar-refractivity contribution in [2.75, 3.05) is 19.6 Å². The maximum Gasteiger partial charge on any atom is 0.00153 e. The van der Waals surface area contributed by atoms with Crippen molar-refractivity contribution in [3.05, 3.63) is 35.9 Å². The molecule has 0 bridgehead atoms. The molecule has 1 heterocycles. The summed E-state index contributed by atoms with van der Waals surface area (Å²) < 4.78 is 0. The van der Waals surface area contributed by atoms with E-state index in [4.69, 9.17) is 0 Å². The topological polar surface area (TPSA) is 3.24 Å². The molecular formula is C15H23N. The molecule has 88 valence electrons. The maximum atomic E-state index is 2.56. The van der Waals surface area contributed by atoms with E-state index in [2.05, 4.69) is 56.0 Å². The predicted molar refractivity (Wildman–Crippen MR) is 69.7 cm³/mol. The number of hydrogen-bond donors (Lipinski definition) is 0. The van der Waals surface area contributed by atoms with Crippen molar-refractivity contribution >= 4 is 0 Å². The Morgan fingerprint density at radius 2 is 2.00 bits per heavy atom. The van der Waals surface area contributed by atoms with Crippen LogP contribution in [0.25, 0.3) is 0 Å². The molecular weight excluding hydrogens is 194 g/mol. The van der Waals surface area contributed by atoms with Gasteiger partial charge >= 0.3 is 0 Å². The minimum atomic E-state index is 0.368. The van der Waals surface area contributed by atoms with Gasteiger partial charge in [0.25, 0.3) is 0 Å². The first-order valence-electron chi connectivity index (χ1n) is 6.44. The standard InChI is InChI=1S/C15H23N/c1-4-16-11-10-15(3,13(2)12-16)14-8-6-5-7-9-14/h5-9,13H,4,10-12H2,1-3H3/t13-,15+/m0/s1. The summed E-state index contributed by atoms with van der Waals surface area (Å²) in [5, 5.41) is 0. The Kier molecular flexibility index (Phi) is 3.34. The van der Waals surface area contributed by atoms with Gasteiger partial charge in [-0.05, 0) is 36.4 Å². The van der Waals surface area contributed by atoms with Gasteiger partial charge in [-0.25, -0.2) is 0 Å². The van der Waals surface area contributed by atoms with Crippen LogP contribution in [0.3, 0.4) is 0 Å². The summed E-state index contributed by atoms with van der Waals surface area (Å²) in [4.78, 5) is 2.56. The van der Waals surface area contributed by atoms with E-state index in [0.717, 1.165) is 5.92 Å². The number of likely N-dealkylation sites (tertiary alicyclic amines) is 1. The van der Waals surface area contributed by atoms with Crippen LogP contribution in [0.4, 0.5) is 0 Å². The van der Waals surface area contributed by atoms with E-state index < -0.39 is 0 Å². The Morgan fingerprint density at radius 3 is 2.56 bits per heavy atom. The van der Waals surface area contributed by atoms with Crippen LogP contribution in [0, 0.1) is 5.92 Å². The number of piperidine rings is 1. The van der Waals surface area contributed by atoms with Crippen LogP contribution in [0.1, 0.15) is 32.8 Å². The van der Waals surface area contributed by atoms with Crippen molar-refractivity contribution in [1.82, 2.24) is 4.90 Å². The SMILES string of the molecule is CCN1CC[C@@](C)(c2ccccc2)[C@@H](C)C1. The molecule has 16 heavy (non-hydrogen) atoms. The molecule has 1 aromatic rings. The van der Waals surface area contributed by atoms with E-state index >= 15 is 0 Å². The van der Waals surface area contributed by atoms with Gasteiger partial charge in [0.05, 0.1) is 0 Å². The maximum absolute atomic E-state index is 2.56. The minimum Gasteiger partial charge on any atom is -0.303 e. The second kappa shape index (κ2) is 4.58. The predicted octanol–water partition coefficient (Wildman–Crippen LogP) is 3.31. The molecule has 1 heteroatoms. The monoisotopic (exact) mass is 217 g/mol. The molecule has 2 atom stereocenters. The summed E-state index contributed by atoms with van der Waals surface area (Å²) >= 11 is 0. The van der Waals surface area contributed by atoms with Crippen LogP contribution >= 0.6 is 0 Å². The molecule has 0 unspecified atom stereocenters. The Bertz CT molecular complexity index is 333. The molecule has 0 N–H and O–H groups in total. The summed E-state index contributed by atoms with van der Waals surface area (Å²) in [6.45, 7) is 10.8. The lowest BCUT2D eigenvalue weighted by Crippen LogP contribution is -2.47. The van der Waals surface area contributed by atoms with E-state index in [-0.39, 0.29) is 0 Å². The van der Waals surface area contributed by atoms with E-state index in [1.54, 1.807) is 0 Å². The first-order valence-corrected chi connectivity index (χ1v) is 6.44. The Hall–Kier alpha value is -0.820. The van der Waals surface area contributed by atoms with Gasteiger partial charge in [0.15, 0.2) is 0 Å². The molecule has 2 rings (SSSR count). The second-order valence-electron chi connectivity index (χ2n) is 5.33. The van der Waals surface area contributed by atoms with Gasteiger partial charge in [-0.15, -0.1) is 0 Å². The molecule has 1 saturated heterocycles. The van der Waals surface area contributed by atoms with Crippen molar-refractivity contribution in [2.24, 2.45) is 5.92 Å². The van der Waals surface area contributed by atoms with Crippen LogP contribution in [0.2, 0.25) is 0 Å². The Morgan fingerprint density at radius 1 is 1.31 bits per heavy atom. The fourth-order valence-corrected chi connectivity index (χ4v) is 2.85. The average molecular weight is 217 g/mol. The lowest BCUT2D eigenvalue weighted by atomic mass is 9.68. The van der Waals surface area contributed by atoms with E-state index in [9.17, 15) is 0 Å². The molecule has 0 aliphatic carbocycles. The number of nitrogens with zero attached hydrogens (tertiary/aromatic N) is 1. The fraction of sp³-hybridized carbons (Fsp3) is 0.600. The quantitative estimate of drug-likeness (QED) is 0.734. The van der Waals surface area contributed by atoms with Gasteiger partial charge in [0, 0.05) is 6.54 Å². The highest BCUT2D eigenvalue weighted by Gasteiger charge is 2.37. The van der Waals surface area contributed by atoms with Crippen molar-refractivity contribution in [2.45, 2.75) is 32.6 Å². The lowest BCUT2D eigenvalue weighted by molar-refractivity contribution is 0.116. The highest BCUT2D eigenvalue weighted by Crippen LogP contribution is 2.38. The molecule has 1 aliphatic heterocycles. The smallest absolute Gasteiger partial charge is 0.00153 e. The van der Waals surface area contributed by atoms with Crippen molar-refractivity contribution in [3.63, 3.8) is 0 Å². The molecule has 0 spiro atoms. The zero-order valence-corrected chi connectivity index (χ0v) is 10.7. The highest BCUT2D eigenvalue weighted by atomic mass is 15.1. The van der Waals surface area contributed by atoms with E-state index in [1.165, 1.54) is 31.6 Å². The van der Waals surface area contributed by atoms with Gasteiger partial charge < -0.3 is 4.90 Å². The minimum absolute atomic E-state index is 0.368. The van der Waals surface area contributed by atoms with Crippen LogP contribution in [-0.4, -0.2) is 24.5 Å². The van der Waals surface area contributed by atoms with Crippen LogP contribution in [0.5, 0.6) is 0 Å². The van der Waals surface area contributed by atoms with Gasteiger partial charge in [-0.2, -0.15) is 0 Å². The zero-order valence-electron chi connectivity index (χ0n) is 10.7. The van der Waals surface area contributed by atoms with Crippen LogP contribution < -0.4 is 0 Å². The first kappa shape index (κ1) is 11.7. The third-order valence-corrected chi connectivity index (χ3v) is 4.45. The third-order valence-electron chi connectivity index (χ3n) is 4.45. The molecule has 0 radical (unpaired) electrons. The average Bonchev–Trinajstić information content (AvgIpc) is 2.34. The van der Waals surface area contributed by atoms with Crippen molar-refractivity contribution in [1.29, 1.82) is 0 Å². The number of rotatable bonds is 2. The summed E-state index contributed by atoms with van der Waals surface area (Å²) in [5.74, 6) is 0.739. The van der Waals surface area contributed by atoms with Crippen LogP contribution in [-0.2, 0) is 5.41 Å². The fourth-order valence-electron chi connectivity index (χ4n) is 2.85. The summed E-state index contributed by atoms with van der Waals surface area (Å²) in [6, 6.07) is 11.0. The van der Waals surface area contributed by atoms with Gasteiger partial charge in [-0.1, -0.05) is 51.1 Å². The van der Waals surface area contributed by atoms with Gasteiger partial charge in [0.2, 0.25) is 0 Å². The molecule has 1 aliphatic rings. The summed E-state index contributed by atoms with van der Waals surface area (Å²) in [5.41, 5.74) is 1.88. The Labute approximate surface area is 99.5 Å². The summed E-state index contributed by atoms with van der Waals surface area (Å²) in [7, 11) is 0. The van der Waals surface area contributed by atoms with Crippen LogP contribution in [0.15, 0.2) is 30.3 Å². The molecule has 1 fully saturated rings. The normalized spacial score (nSPS) is 31.6. The molecule has 0 aromatic heterocycles. The number of benzene rings is 1. The first-order chi connectivity index (χ1) is 7.66. The summed E-state index contributed by atoms with van der Waals surface area (Å²) in [6.07, 6.45) is 1.28. The molecule has 1 nitrogen and oxygen atoms in total. The second-order valence-corrected chi connectivity index (χ2v) is 5.33. The highest BCUT2D eigenvalue weighted by molar-refractivity contribution is 5.26. The number of hydrogen-bond acceptors (Lipinski definition) is 1.